The van der Waals surface area contributed by atoms with Gasteiger partial charge in [-0.2, -0.15) is 0 Å². The predicted octanol–water partition coefficient (Wildman–Crippen LogP) is 16.4. The van der Waals surface area contributed by atoms with Gasteiger partial charge in [0.1, 0.15) is 48.8 Å². The number of hydrogen-bond acceptors (Lipinski definition) is 13. The van der Waals surface area contributed by atoms with Gasteiger partial charge < -0.3 is 65.1 Å². The van der Waals surface area contributed by atoms with E-state index in [-0.39, 0.29) is 18.9 Å². The van der Waals surface area contributed by atoms with E-state index in [0.717, 1.165) is 70.6 Å². The molecular weight excluding hydrogens is 1160 g/mol. The topological polar surface area (TPSA) is 228 Å². The number of aliphatic hydroxyl groups is 8. The lowest BCUT2D eigenvalue weighted by Crippen LogP contribution is -2.65. The number of rotatable bonds is 62. The molecule has 0 aromatic heterocycles. The summed E-state index contributed by atoms with van der Waals surface area (Å²) in [6.07, 6.45) is 69.4. The first-order valence-corrected chi connectivity index (χ1v) is 37.8. The largest absolute Gasteiger partial charge is 0.394 e. The smallest absolute Gasteiger partial charge is 0.220 e. The van der Waals surface area contributed by atoms with E-state index in [2.05, 4.69) is 92.1 Å². The number of aliphatic hydroxyl groups excluding tert-OH is 8. The van der Waals surface area contributed by atoms with Crippen LogP contribution in [-0.2, 0) is 23.7 Å². The standard InChI is InChI=1S/C78H139NO13/c1-3-5-7-9-11-13-15-17-19-21-23-25-27-29-31-32-33-34-36-38-40-42-44-46-48-50-52-54-56-58-60-62-70(83)79-66(65-89-77-75(88)73(86)76(69(64-81)91-77)92-78-74(87)72(85)71(84)68(63-80)90-78)67(82)61-59-57-55-53-51-49-47-45-43-41-39-37-35-30-28-26-24-22-20-18-16-14-12-10-8-6-4-2/h5,7,11,13,17,19,23,25,43,45,51,53,59,61,66-69,71-78,80-82,84-88H,3-4,6,8-10,12,14-16,18,20-22,24,26-42,44,46-50,52,54-58,60,62-65H2,1-2H3,(H,79,83)/b7-5-,13-11-,19-17-,25-23-,45-43+,53-51+,61-59+. The molecule has 2 fully saturated rings. The van der Waals surface area contributed by atoms with Gasteiger partial charge in [-0.1, -0.05) is 304 Å². The maximum absolute atomic E-state index is 13.4. The Balaban J connectivity index is 1.66. The second-order valence-corrected chi connectivity index (χ2v) is 26.4. The molecule has 0 bridgehead atoms. The maximum Gasteiger partial charge on any atom is 0.220 e. The van der Waals surface area contributed by atoms with Crippen molar-refractivity contribution in [1.82, 2.24) is 5.32 Å². The molecule has 0 spiro atoms. The van der Waals surface area contributed by atoms with Gasteiger partial charge >= 0.3 is 0 Å². The molecule has 2 heterocycles. The van der Waals surface area contributed by atoms with Crippen molar-refractivity contribution in [3.63, 3.8) is 0 Å². The Morgan fingerprint density at radius 1 is 0.402 bits per heavy atom. The van der Waals surface area contributed by atoms with Gasteiger partial charge in [-0.15, -0.1) is 0 Å². The molecule has 0 saturated carbocycles. The van der Waals surface area contributed by atoms with Crippen LogP contribution in [0.4, 0.5) is 0 Å². The van der Waals surface area contributed by atoms with Crippen molar-refractivity contribution in [2.45, 2.75) is 383 Å². The fourth-order valence-electron chi connectivity index (χ4n) is 12.1. The zero-order valence-electron chi connectivity index (χ0n) is 58.3. The fourth-order valence-corrected chi connectivity index (χ4v) is 12.1. The third-order valence-corrected chi connectivity index (χ3v) is 18.0. The van der Waals surface area contributed by atoms with Crippen molar-refractivity contribution in [2.24, 2.45) is 0 Å². The Hall–Kier alpha value is -2.83. The molecule has 0 aliphatic carbocycles. The van der Waals surface area contributed by atoms with Gasteiger partial charge in [0.15, 0.2) is 12.6 Å². The number of amides is 1. The van der Waals surface area contributed by atoms with Crippen LogP contribution in [-0.4, -0.2) is 140 Å². The Bertz CT molecular complexity index is 1870. The van der Waals surface area contributed by atoms with Crippen molar-refractivity contribution in [3.8, 4) is 0 Å². The third kappa shape index (κ3) is 44.8. The minimum Gasteiger partial charge on any atom is -0.394 e. The molecule has 9 N–H and O–H groups in total. The second-order valence-electron chi connectivity index (χ2n) is 26.4. The maximum atomic E-state index is 13.4. The van der Waals surface area contributed by atoms with Crippen LogP contribution >= 0.6 is 0 Å². The molecule has 12 unspecified atom stereocenters. The fraction of sp³-hybridized carbons (Fsp3) is 0.808. The van der Waals surface area contributed by atoms with E-state index >= 15 is 0 Å². The van der Waals surface area contributed by atoms with Crippen LogP contribution in [0, 0.1) is 0 Å². The number of nitrogens with one attached hydrogen (secondary N) is 1. The van der Waals surface area contributed by atoms with E-state index in [9.17, 15) is 45.6 Å². The van der Waals surface area contributed by atoms with Gasteiger partial charge in [0.05, 0.1) is 32.0 Å². The molecule has 92 heavy (non-hydrogen) atoms. The number of carbonyl (C=O) groups is 1. The highest BCUT2D eigenvalue weighted by molar-refractivity contribution is 5.76. The molecule has 14 heteroatoms. The van der Waals surface area contributed by atoms with Crippen LogP contribution in [0.1, 0.15) is 309 Å². The van der Waals surface area contributed by atoms with E-state index in [1.165, 1.54) is 205 Å². The Kier molecular flexibility index (Phi) is 57.2. The number of carbonyl (C=O) groups excluding carboxylic acids is 1. The number of ether oxygens (including phenoxy) is 4. The molecular formula is C78H139NO13. The number of allylic oxidation sites excluding steroid dienone is 13. The van der Waals surface area contributed by atoms with Gasteiger partial charge in [0.25, 0.3) is 0 Å². The van der Waals surface area contributed by atoms with Gasteiger partial charge in [0, 0.05) is 6.42 Å². The zero-order chi connectivity index (χ0) is 66.6. The zero-order valence-corrected chi connectivity index (χ0v) is 58.3. The van der Waals surface area contributed by atoms with Crippen LogP contribution in [0.5, 0.6) is 0 Å². The van der Waals surface area contributed by atoms with E-state index in [1.54, 1.807) is 6.08 Å². The second kappa shape index (κ2) is 61.7. The lowest BCUT2D eigenvalue weighted by Gasteiger charge is -2.46. The van der Waals surface area contributed by atoms with Gasteiger partial charge in [-0.25, -0.2) is 0 Å². The summed E-state index contributed by atoms with van der Waals surface area (Å²) in [4.78, 5) is 13.4. The van der Waals surface area contributed by atoms with Crippen LogP contribution in [0.25, 0.3) is 0 Å². The monoisotopic (exact) mass is 1300 g/mol. The van der Waals surface area contributed by atoms with Crippen molar-refractivity contribution >= 4 is 5.91 Å². The first kappa shape index (κ1) is 85.3. The molecule has 1 amide bonds. The lowest BCUT2D eigenvalue weighted by molar-refractivity contribution is -0.359. The quantitative estimate of drug-likeness (QED) is 0.0204. The SMILES string of the molecule is CC/C=C\C/C=C\C/C=C\C/C=C\CCCCCCCCCCCCCCCCCCCCC(=O)NC(COC1OC(CO)C(OC2OC(CO)C(O)C(O)C2O)C(O)C1O)C(O)/C=C/CC/C=C/CC/C=C/CCCCCCCCCCCCCCCCCCC. The highest BCUT2D eigenvalue weighted by atomic mass is 16.7. The molecule has 2 aliphatic rings. The minimum absolute atomic E-state index is 0.251. The Morgan fingerprint density at radius 3 is 1.20 bits per heavy atom. The summed E-state index contributed by atoms with van der Waals surface area (Å²) in [6.45, 7) is 2.70. The average Bonchev–Trinajstić information content (AvgIpc) is 0.844. The average molecular weight is 1300 g/mol. The first-order valence-electron chi connectivity index (χ1n) is 37.8. The Morgan fingerprint density at radius 2 is 0.761 bits per heavy atom. The van der Waals surface area contributed by atoms with Crippen LogP contribution in [0.2, 0.25) is 0 Å². The van der Waals surface area contributed by atoms with Gasteiger partial charge in [-0.05, 0) is 83.5 Å². The summed E-state index contributed by atoms with van der Waals surface area (Å²) in [5.41, 5.74) is 0. The molecule has 2 aliphatic heterocycles. The van der Waals surface area contributed by atoms with Crippen molar-refractivity contribution in [2.75, 3.05) is 19.8 Å². The first-order chi connectivity index (χ1) is 45.1. The third-order valence-electron chi connectivity index (χ3n) is 18.0. The minimum atomic E-state index is -1.80. The van der Waals surface area contributed by atoms with Crippen LogP contribution < -0.4 is 5.32 Å². The van der Waals surface area contributed by atoms with E-state index in [4.69, 9.17) is 18.9 Å². The molecule has 0 radical (unpaired) electrons. The van der Waals surface area contributed by atoms with Gasteiger partial charge in [0.2, 0.25) is 5.91 Å². The van der Waals surface area contributed by atoms with Crippen molar-refractivity contribution in [3.05, 3.63) is 85.1 Å². The van der Waals surface area contributed by atoms with Crippen LogP contribution in [0.15, 0.2) is 85.1 Å². The molecule has 2 saturated heterocycles. The molecule has 534 valence electrons. The number of hydrogen-bond donors (Lipinski definition) is 9. The van der Waals surface area contributed by atoms with Crippen molar-refractivity contribution < 1.29 is 64.6 Å². The van der Waals surface area contributed by atoms with Gasteiger partial charge in [-0.3, -0.25) is 4.79 Å². The summed E-state index contributed by atoms with van der Waals surface area (Å²) in [6, 6.07) is -0.943. The number of unbranched alkanes of at least 4 members (excludes halogenated alkanes) is 37. The summed E-state index contributed by atoms with van der Waals surface area (Å²) in [5.74, 6) is -0.251. The summed E-state index contributed by atoms with van der Waals surface area (Å²) in [7, 11) is 0. The molecule has 0 aromatic carbocycles. The summed E-state index contributed by atoms with van der Waals surface area (Å²) < 4.78 is 22.9. The highest BCUT2D eigenvalue weighted by Crippen LogP contribution is 2.30. The lowest BCUT2D eigenvalue weighted by atomic mass is 9.97. The molecule has 2 rings (SSSR count). The predicted molar refractivity (Wildman–Crippen MR) is 378 cm³/mol. The summed E-state index contributed by atoms with van der Waals surface area (Å²) >= 11 is 0. The van der Waals surface area contributed by atoms with E-state index in [1.807, 2.05) is 6.08 Å². The van der Waals surface area contributed by atoms with E-state index < -0.39 is 86.8 Å². The highest BCUT2D eigenvalue weighted by Gasteiger charge is 2.51. The van der Waals surface area contributed by atoms with Crippen molar-refractivity contribution in [1.29, 1.82) is 0 Å². The molecule has 12 atom stereocenters. The summed E-state index contributed by atoms with van der Waals surface area (Å²) in [5, 5.41) is 87.5. The molecule has 14 nitrogen and oxygen atoms in total. The molecule has 0 aromatic rings. The van der Waals surface area contributed by atoms with Crippen LogP contribution in [0.3, 0.4) is 0 Å². The van der Waals surface area contributed by atoms with E-state index in [0.29, 0.717) is 12.8 Å². The normalized spacial score (nSPS) is 23.2. The Labute approximate surface area is 561 Å².